The molecule has 2 aliphatic rings. The summed E-state index contributed by atoms with van der Waals surface area (Å²) in [5, 5.41) is 3.00. The first-order valence-electron chi connectivity index (χ1n) is 11.3. The Kier molecular flexibility index (Phi) is 6.44. The SMILES string of the molecule is Cc1cc(NC(=O)c2cc(S(=O)(=O)N(C)C)ccc2N2CCCC2)ccc1N1CCCC1. The molecule has 2 aromatic rings. The fourth-order valence-electron chi connectivity index (χ4n) is 4.55. The van der Waals surface area contributed by atoms with Gasteiger partial charge in [-0.2, -0.15) is 0 Å². The highest BCUT2D eigenvalue weighted by Gasteiger charge is 2.25. The second kappa shape index (κ2) is 9.11. The Balaban J connectivity index is 1.64. The molecular formula is C24H32N4O3S. The van der Waals surface area contributed by atoms with Crippen LogP contribution in [0.25, 0.3) is 0 Å². The van der Waals surface area contributed by atoms with Crippen molar-refractivity contribution in [3.8, 4) is 0 Å². The van der Waals surface area contributed by atoms with Crippen LogP contribution in [0.5, 0.6) is 0 Å². The predicted octanol–water partition coefficient (Wildman–Crippen LogP) is 3.70. The number of carbonyl (C=O) groups excluding carboxylic acids is 1. The molecule has 2 fully saturated rings. The minimum atomic E-state index is -3.64. The lowest BCUT2D eigenvalue weighted by molar-refractivity contribution is 0.102. The van der Waals surface area contributed by atoms with Crippen LogP contribution in [0.1, 0.15) is 41.6 Å². The fraction of sp³-hybridized carbons (Fsp3) is 0.458. The average molecular weight is 457 g/mol. The van der Waals surface area contributed by atoms with Crippen LogP contribution in [-0.4, -0.2) is 58.9 Å². The van der Waals surface area contributed by atoms with Gasteiger partial charge in [0.2, 0.25) is 10.0 Å². The number of benzene rings is 2. The smallest absolute Gasteiger partial charge is 0.257 e. The predicted molar refractivity (Wildman–Crippen MR) is 129 cm³/mol. The summed E-state index contributed by atoms with van der Waals surface area (Å²) in [4.78, 5) is 18.0. The number of amides is 1. The van der Waals surface area contributed by atoms with Gasteiger partial charge in [-0.05, 0) is 74.6 Å². The van der Waals surface area contributed by atoms with Gasteiger partial charge in [0.25, 0.3) is 5.91 Å². The summed E-state index contributed by atoms with van der Waals surface area (Å²) in [5.41, 5.74) is 4.20. The van der Waals surface area contributed by atoms with Crippen molar-refractivity contribution in [2.24, 2.45) is 0 Å². The second-order valence-corrected chi connectivity index (χ2v) is 11.0. The van der Waals surface area contributed by atoms with Crippen molar-refractivity contribution in [3.05, 3.63) is 47.5 Å². The van der Waals surface area contributed by atoms with Crippen LogP contribution in [-0.2, 0) is 10.0 Å². The summed E-state index contributed by atoms with van der Waals surface area (Å²) < 4.78 is 26.5. The molecule has 1 amide bonds. The van der Waals surface area contributed by atoms with Gasteiger partial charge in [-0.1, -0.05) is 0 Å². The zero-order valence-electron chi connectivity index (χ0n) is 19.1. The second-order valence-electron chi connectivity index (χ2n) is 8.81. The van der Waals surface area contributed by atoms with Gasteiger partial charge in [0.15, 0.2) is 0 Å². The molecule has 32 heavy (non-hydrogen) atoms. The molecule has 0 saturated carbocycles. The molecule has 7 nitrogen and oxygen atoms in total. The van der Waals surface area contributed by atoms with E-state index in [1.165, 1.54) is 43.0 Å². The highest BCUT2D eigenvalue weighted by Crippen LogP contribution is 2.30. The minimum absolute atomic E-state index is 0.121. The van der Waals surface area contributed by atoms with Crippen LogP contribution in [0.3, 0.4) is 0 Å². The van der Waals surface area contributed by atoms with Crippen molar-refractivity contribution in [1.29, 1.82) is 0 Å². The molecule has 2 aromatic carbocycles. The molecule has 0 atom stereocenters. The number of nitrogens with zero attached hydrogens (tertiary/aromatic N) is 3. The molecular weight excluding hydrogens is 424 g/mol. The number of nitrogens with one attached hydrogen (secondary N) is 1. The Morgan fingerprint density at radius 2 is 1.44 bits per heavy atom. The largest absolute Gasteiger partial charge is 0.371 e. The monoisotopic (exact) mass is 456 g/mol. The maximum atomic E-state index is 13.3. The fourth-order valence-corrected chi connectivity index (χ4v) is 5.48. The van der Waals surface area contributed by atoms with Crippen molar-refractivity contribution < 1.29 is 13.2 Å². The van der Waals surface area contributed by atoms with Gasteiger partial charge in [0, 0.05) is 57.3 Å². The summed E-state index contributed by atoms with van der Waals surface area (Å²) in [5.74, 6) is -0.295. The highest BCUT2D eigenvalue weighted by atomic mass is 32.2. The van der Waals surface area contributed by atoms with E-state index < -0.39 is 10.0 Å². The van der Waals surface area contributed by atoms with Crippen LogP contribution in [0.2, 0.25) is 0 Å². The van der Waals surface area contributed by atoms with Crippen molar-refractivity contribution in [2.45, 2.75) is 37.5 Å². The summed E-state index contributed by atoms with van der Waals surface area (Å²) in [6, 6.07) is 10.8. The molecule has 2 aliphatic heterocycles. The van der Waals surface area contributed by atoms with Gasteiger partial charge < -0.3 is 15.1 Å². The molecule has 2 saturated heterocycles. The lowest BCUT2D eigenvalue weighted by Crippen LogP contribution is -2.25. The van der Waals surface area contributed by atoms with E-state index in [-0.39, 0.29) is 10.8 Å². The lowest BCUT2D eigenvalue weighted by atomic mass is 10.1. The molecule has 0 spiro atoms. The van der Waals surface area contributed by atoms with Gasteiger partial charge in [-0.15, -0.1) is 0 Å². The number of rotatable bonds is 6. The molecule has 0 aliphatic carbocycles. The van der Waals surface area contributed by atoms with E-state index in [0.717, 1.165) is 50.3 Å². The van der Waals surface area contributed by atoms with Crippen molar-refractivity contribution in [3.63, 3.8) is 0 Å². The molecule has 0 unspecified atom stereocenters. The Bertz CT molecular complexity index is 1100. The van der Waals surface area contributed by atoms with Gasteiger partial charge in [0.1, 0.15) is 0 Å². The van der Waals surface area contributed by atoms with Crippen LogP contribution in [0.15, 0.2) is 41.3 Å². The van der Waals surface area contributed by atoms with Gasteiger partial charge in [-0.25, -0.2) is 12.7 Å². The summed E-state index contributed by atoms with van der Waals surface area (Å²) in [7, 11) is -0.650. The number of carbonyl (C=O) groups is 1. The van der Waals surface area contributed by atoms with Crippen molar-refractivity contribution >= 4 is 33.0 Å². The van der Waals surface area contributed by atoms with E-state index in [2.05, 4.69) is 28.1 Å². The number of anilines is 3. The van der Waals surface area contributed by atoms with Crippen LogP contribution >= 0.6 is 0 Å². The maximum absolute atomic E-state index is 13.3. The first-order valence-corrected chi connectivity index (χ1v) is 12.7. The molecule has 172 valence electrons. The van der Waals surface area contributed by atoms with Gasteiger partial charge in [-0.3, -0.25) is 4.79 Å². The molecule has 4 rings (SSSR count). The zero-order valence-corrected chi connectivity index (χ0v) is 19.9. The molecule has 0 radical (unpaired) electrons. The zero-order chi connectivity index (χ0) is 22.9. The summed E-state index contributed by atoms with van der Waals surface area (Å²) >= 11 is 0. The third-order valence-corrected chi connectivity index (χ3v) is 8.15. The highest BCUT2D eigenvalue weighted by molar-refractivity contribution is 7.89. The first kappa shape index (κ1) is 22.6. The van der Waals surface area contributed by atoms with Gasteiger partial charge in [0.05, 0.1) is 10.5 Å². The molecule has 1 N–H and O–H groups in total. The standard InChI is InChI=1S/C24H32N4O3S/c1-18-16-19(8-10-22(18)27-12-4-5-13-27)25-24(29)21-17-20(32(30,31)26(2)3)9-11-23(21)28-14-6-7-15-28/h8-11,16-17H,4-7,12-15H2,1-3H3,(H,25,29). The van der Waals surface area contributed by atoms with E-state index in [4.69, 9.17) is 0 Å². The third-order valence-electron chi connectivity index (χ3n) is 6.34. The Morgan fingerprint density at radius 3 is 2.00 bits per heavy atom. The van der Waals surface area contributed by atoms with E-state index in [0.29, 0.717) is 11.3 Å². The number of aryl methyl sites for hydroxylation is 1. The average Bonchev–Trinajstić information content (AvgIpc) is 3.47. The normalized spacial score (nSPS) is 16.8. The molecule has 0 bridgehead atoms. The Labute approximate surface area is 191 Å². The number of sulfonamides is 1. The number of hydrogen-bond donors (Lipinski definition) is 1. The van der Waals surface area contributed by atoms with E-state index in [9.17, 15) is 13.2 Å². The Hall–Kier alpha value is -2.58. The van der Waals surface area contributed by atoms with Crippen LogP contribution in [0, 0.1) is 6.92 Å². The minimum Gasteiger partial charge on any atom is -0.371 e. The van der Waals surface area contributed by atoms with E-state index in [1.54, 1.807) is 12.1 Å². The van der Waals surface area contributed by atoms with Crippen LogP contribution in [0.4, 0.5) is 17.1 Å². The molecule has 0 aromatic heterocycles. The van der Waals surface area contributed by atoms with E-state index >= 15 is 0 Å². The topological polar surface area (TPSA) is 73.0 Å². The van der Waals surface area contributed by atoms with Gasteiger partial charge >= 0.3 is 0 Å². The Morgan fingerprint density at radius 1 is 0.875 bits per heavy atom. The van der Waals surface area contributed by atoms with E-state index in [1.807, 2.05) is 12.1 Å². The quantitative estimate of drug-likeness (QED) is 0.718. The summed E-state index contributed by atoms with van der Waals surface area (Å²) in [6.07, 6.45) is 4.55. The third kappa shape index (κ3) is 4.47. The molecule has 8 heteroatoms. The molecule has 2 heterocycles. The lowest BCUT2D eigenvalue weighted by Gasteiger charge is -2.23. The van der Waals surface area contributed by atoms with Crippen molar-refractivity contribution in [2.75, 3.05) is 55.4 Å². The van der Waals surface area contributed by atoms with Crippen LogP contribution < -0.4 is 15.1 Å². The maximum Gasteiger partial charge on any atom is 0.257 e. The summed E-state index contributed by atoms with van der Waals surface area (Å²) in [6.45, 7) is 5.93. The van der Waals surface area contributed by atoms with Crippen molar-refractivity contribution in [1.82, 2.24) is 4.31 Å². The number of hydrogen-bond acceptors (Lipinski definition) is 5. The first-order chi connectivity index (χ1) is 15.3.